The maximum atomic E-state index is 10.6. The van der Waals surface area contributed by atoms with E-state index in [1.807, 2.05) is 6.92 Å². The zero-order valence-electron chi connectivity index (χ0n) is 9.19. The van der Waals surface area contributed by atoms with Crippen molar-refractivity contribution in [1.82, 2.24) is 4.90 Å². The summed E-state index contributed by atoms with van der Waals surface area (Å²) in [4.78, 5) is 12.7. The first kappa shape index (κ1) is 12.4. The summed E-state index contributed by atoms with van der Waals surface area (Å²) in [6.07, 6.45) is 2.36. The van der Waals surface area contributed by atoms with E-state index >= 15 is 0 Å². The highest BCUT2D eigenvalue weighted by molar-refractivity contribution is 5.73. The van der Waals surface area contributed by atoms with Gasteiger partial charge in [-0.05, 0) is 26.3 Å². The quantitative estimate of drug-likeness (QED) is 0.671. The number of likely N-dealkylation sites (tertiary alicyclic amines) is 1. The highest BCUT2D eigenvalue weighted by Gasteiger charge is 2.23. The van der Waals surface area contributed by atoms with Crippen LogP contribution >= 0.6 is 0 Å². The molecular weight excluding hydrogens is 196 g/mol. The molecule has 0 amide bonds. The molecule has 1 saturated heterocycles. The zero-order valence-corrected chi connectivity index (χ0v) is 9.19. The van der Waals surface area contributed by atoms with Crippen LogP contribution in [-0.2, 0) is 9.53 Å². The van der Waals surface area contributed by atoms with E-state index in [1.165, 1.54) is 0 Å². The number of hydrogen-bond acceptors (Lipinski definition) is 4. The van der Waals surface area contributed by atoms with Gasteiger partial charge in [-0.1, -0.05) is 0 Å². The minimum absolute atomic E-state index is 0.241. The van der Waals surface area contributed by atoms with Gasteiger partial charge < -0.3 is 15.6 Å². The third kappa shape index (κ3) is 4.15. The van der Waals surface area contributed by atoms with Gasteiger partial charge in [0.05, 0.1) is 6.10 Å². The number of ether oxygens (including phenoxy) is 1. The van der Waals surface area contributed by atoms with E-state index in [1.54, 1.807) is 0 Å². The third-order valence-corrected chi connectivity index (χ3v) is 2.64. The monoisotopic (exact) mass is 216 g/mol. The van der Waals surface area contributed by atoms with Gasteiger partial charge in [-0.2, -0.15) is 0 Å². The predicted octanol–water partition coefficient (Wildman–Crippen LogP) is -0.101. The summed E-state index contributed by atoms with van der Waals surface area (Å²) in [5.74, 6) is -0.937. The highest BCUT2D eigenvalue weighted by Crippen LogP contribution is 2.13. The lowest BCUT2D eigenvalue weighted by atomic mass is 10.1. The average Bonchev–Trinajstić information content (AvgIpc) is 2.18. The van der Waals surface area contributed by atoms with Crippen LogP contribution in [0.5, 0.6) is 0 Å². The molecule has 0 spiro atoms. The van der Waals surface area contributed by atoms with Crippen molar-refractivity contribution in [2.45, 2.75) is 31.9 Å². The van der Waals surface area contributed by atoms with Crippen LogP contribution < -0.4 is 5.73 Å². The standard InChI is InChI=1S/C10H20N2O3/c1-2-15-8-4-3-5-12(6-8)7-9(11)10(13)14/h8-9H,2-7,11H2,1H3,(H,13,14). The molecule has 0 aromatic heterocycles. The van der Waals surface area contributed by atoms with Crippen molar-refractivity contribution in [2.75, 3.05) is 26.2 Å². The number of piperidine rings is 1. The number of nitrogens with zero attached hydrogens (tertiary/aromatic N) is 1. The van der Waals surface area contributed by atoms with Gasteiger partial charge in [-0.25, -0.2) is 0 Å². The van der Waals surface area contributed by atoms with Crippen LogP contribution in [0.3, 0.4) is 0 Å². The number of carbonyl (C=O) groups is 1. The molecule has 1 rings (SSSR count). The van der Waals surface area contributed by atoms with Crippen molar-refractivity contribution in [1.29, 1.82) is 0 Å². The highest BCUT2D eigenvalue weighted by atomic mass is 16.5. The molecule has 5 heteroatoms. The second-order valence-corrected chi connectivity index (χ2v) is 3.92. The molecule has 1 heterocycles. The van der Waals surface area contributed by atoms with Crippen molar-refractivity contribution in [3.05, 3.63) is 0 Å². The van der Waals surface area contributed by atoms with E-state index in [-0.39, 0.29) is 6.10 Å². The number of hydrogen-bond donors (Lipinski definition) is 2. The minimum atomic E-state index is -0.937. The van der Waals surface area contributed by atoms with Gasteiger partial charge in [-0.15, -0.1) is 0 Å². The smallest absolute Gasteiger partial charge is 0.321 e. The van der Waals surface area contributed by atoms with Gasteiger partial charge >= 0.3 is 5.97 Å². The first-order valence-electron chi connectivity index (χ1n) is 5.45. The lowest BCUT2D eigenvalue weighted by Gasteiger charge is -2.33. The van der Waals surface area contributed by atoms with Crippen LogP contribution in [0.25, 0.3) is 0 Å². The maximum Gasteiger partial charge on any atom is 0.321 e. The molecule has 1 fully saturated rings. The van der Waals surface area contributed by atoms with Crippen molar-refractivity contribution in [3.8, 4) is 0 Å². The van der Waals surface area contributed by atoms with Gasteiger partial charge in [0.2, 0.25) is 0 Å². The van der Waals surface area contributed by atoms with Gasteiger partial charge in [-0.3, -0.25) is 9.69 Å². The van der Waals surface area contributed by atoms with Gasteiger partial charge in [0, 0.05) is 19.7 Å². The summed E-state index contributed by atoms with van der Waals surface area (Å²) in [7, 11) is 0. The summed E-state index contributed by atoms with van der Waals surface area (Å²) < 4.78 is 5.53. The number of nitrogens with two attached hydrogens (primary N) is 1. The van der Waals surface area contributed by atoms with Crippen LogP contribution in [0.2, 0.25) is 0 Å². The Hall–Kier alpha value is -0.650. The molecule has 0 aliphatic carbocycles. The lowest BCUT2D eigenvalue weighted by Crippen LogP contribution is -2.48. The number of rotatable bonds is 5. The molecule has 0 bridgehead atoms. The topological polar surface area (TPSA) is 75.8 Å². The van der Waals surface area contributed by atoms with E-state index in [0.717, 1.165) is 25.9 Å². The molecule has 3 N–H and O–H groups in total. The van der Waals surface area contributed by atoms with Gasteiger partial charge in [0.15, 0.2) is 0 Å². The first-order valence-corrected chi connectivity index (χ1v) is 5.45. The Kier molecular flexibility index (Phi) is 5.01. The van der Waals surface area contributed by atoms with Crippen LogP contribution in [-0.4, -0.2) is 54.4 Å². The SMILES string of the molecule is CCOC1CCCN(CC(N)C(=O)O)C1. The molecule has 0 saturated carbocycles. The molecule has 2 unspecified atom stereocenters. The third-order valence-electron chi connectivity index (χ3n) is 2.64. The lowest BCUT2D eigenvalue weighted by molar-refractivity contribution is -0.139. The fourth-order valence-corrected chi connectivity index (χ4v) is 1.91. The second kappa shape index (κ2) is 6.05. The Balaban J connectivity index is 2.32. The molecule has 0 radical (unpaired) electrons. The van der Waals surface area contributed by atoms with E-state index in [2.05, 4.69) is 4.90 Å². The van der Waals surface area contributed by atoms with Crippen molar-refractivity contribution in [2.24, 2.45) is 5.73 Å². The molecule has 2 atom stereocenters. The molecular formula is C10H20N2O3. The number of aliphatic carboxylic acids is 1. The summed E-state index contributed by atoms with van der Waals surface area (Å²) in [6.45, 7) is 4.82. The predicted molar refractivity (Wildman–Crippen MR) is 56.7 cm³/mol. The number of carboxylic acid groups (broad SMARTS) is 1. The second-order valence-electron chi connectivity index (χ2n) is 3.92. The maximum absolute atomic E-state index is 10.6. The minimum Gasteiger partial charge on any atom is -0.480 e. The summed E-state index contributed by atoms with van der Waals surface area (Å²) in [5.41, 5.74) is 5.48. The van der Waals surface area contributed by atoms with Crippen molar-refractivity contribution in [3.63, 3.8) is 0 Å². The van der Waals surface area contributed by atoms with Crippen LogP contribution in [0.15, 0.2) is 0 Å². The van der Waals surface area contributed by atoms with E-state index < -0.39 is 12.0 Å². The summed E-state index contributed by atoms with van der Waals surface area (Å²) in [5, 5.41) is 8.70. The number of carboxylic acids is 1. The Morgan fingerprint density at radius 2 is 2.47 bits per heavy atom. The van der Waals surface area contributed by atoms with Crippen LogP contribution in [0.1, 0.15) is 19.8 Å². The Morgan fingerprint density at radius 1 is 1.73 bits per heavy atom. The zero-order chi connectivity index (χ0) is 11.3. The van der Waals surface area contributed by atoms with Crippen LogP contribution in [0.4, 0.5) is 0 Å². The Bertz CT molecular complexity index is 209. The normalized spacial score (nSPS) is 25.1. The molecule has 88 valence electrons. The van der Waals surface area contributed by atoms with E-state index in [4.69, 9.17) is 15.6 Å². The van der Waals surface area contributed by atoms with Crippen molar-refractivity contribution >= 4 is 5.97 Å². The Morgan fingerprint density at radius 3 is 3.07 bits per heavy atom. The molecule has 1 aliphatic rings. The molecule has 15 heavy (non-hydrogen) atoms. The van der Waals surface area contributed by atoms with Gasteiger partial charge in [0.25, 0.3) is 0 Å². The van der Waals surface area contributed by atoms with E-state index in [9.17, 15) is 4.79 Å². The molecule has 5 nitrogen and oxygen atoms in total. The van der Waals surface area contributed by atoms with Gasteiger partial charge in [0.1, 0.15) is 6.04 Å². The summed E-state index contributed by atoms with van der Waals surface area (Å²) in [6, 6.07) is -0.787. The van der Waals surface area contributed by atoms with Crippen molar-refractivity contribution < 1.29 is 14.6 Å². The average molecular weight is 216 g/mol. The Labute approximate surface area is 90.2 Å². The molecule has 0 aromatic rings. The largest absolute Gasteiger partial charge is 0.480 e. The molecule has 0 aromatic carbocycles. The van der Waals surface area contributed by atoms with E-state index in [0.29, 0.717) is 13.2 Å². The fraction of sp³-hybridized carbons (Fsp3) is 0.900. The summed E-state index contributed by atoms with van der Waals surface area (Å²) >= 11 is 0. The molecule has 1 aliphatic heterocycles. The fourth-order valence-electron chi connectivity index (χ4n) is 1.91. The van der Waals surface area contributed by atoms with Crippen LogP contribution in [0, 0.1) is 0 Å². The first-order chi connectivity index (χ1) is 7.13.